The molecule has 0 spiro atoms. The van der Waals surface area contributed by atoms with E-state index in [0.29, 0.717) is 12.5 Å². The minimum Gasteiger partial charge on any atom is -0.387 e. The molecular formula is C11H17Br2NOS. The molecule has 16 heavy (non-hydrogen) atoms. The lowest BCUT2D eigenvalue weighted by Crippen LogP contribution is -2.23. The zero-order valence-electron chi connectivity index (χ0n) is 9.41. The van der Waals surface area contributed by atoms with Gasteiger partial charge in [0, 0.05) is 15.3 Å². The highest BCUT2D eigenvalue weighted by molar-refractivity contribution is 9.13. The zero-order chi connectivity index (χ0) is 12.3. The summed E-state index contributed by atoms with van der Waals surface area (Å²) in [7, 11) is 0. The monoisotopic (exact) mass is 369 g/mol. The first kappa shape index (κ1) is 14.6. The molecule has 0 aromatic carbocycles. The van der Waals surface area contributed by atoms with Crippen molar-refractivity contribution >= 4 is 43.2 Å². The summed E-state index contributed by atoms with van der Waals surface area (Å²) >= 11 is 8.42. The second-order valence-corrected chi connectivity index (χ2v) is 7.60. The van der Waals surface area contributed by atoms with E-state index in [2.05, 4.69) is 45.7 Å². The van der Waals surface area contributed by atoms with Gasteiger partial charge < -0.3 is 10.8 Å². The Balaban J connectivity index is 2.78. The van der Waals surface area contributed by atoms with Crippen LogP contribution in [0.25, 0.3) is 0 Å². The zero-order valence-corrected chi connectivity index (χ0v) is 13.4. The minimum absolute atomic E-state index is 0.137. The van der Waals surface area contributed by atoms with Crippen molar-refractivity contribution in [2.75, 3.05) is 6.54 Å². The van der Waals surface area contributed by atoms with Gasteiger partial charge in [0.25, 0.3) is 0 Å². The van der Waals surface area contributed by atoms with E-state index in [-0.39, 0.29) is 5.92 Å². The molecule has 92 valence electrons. The van der Waals surface area contributed by atoms with E-state index in [1.54, 1.807) is 11.3 Å². The van der Waals surface area contributed by atoms with Crippen LogP contribution in [0.1, 0.15) is 31.2 Å². The average molecular weight is 371 g/mol. The number of halogens is 2. The third kappa shape index (κ3) is 3.81. The number of thiophene rings is 1. The lowest BCUT2D eigenvalue weighted by atomic mass is 9.91. The molecule has 3 N–H and O–H groups in total. The first-order valence-electron chi connectivity index (χ1n) is 5.28. The number of nitrogens with two attached hydrogens (primary N) is 1. The summed E-state index contributed by atoms with van der Waals surface area (Å²) in [5, 5.41) is 10.3. The van der Waals surface area contributed by atoms with Gasteiger partial charge in [-0.2, -0.15) is 0 Å². The number of aliphatic hydroxyl groups is 1. The van der Waals surface area contributed by atoms with Gasteiger partial charge in [-0.3, -0.25) is 0 Å². The number of hydrogen-bond donors (Lipinski definition) is 2. The summed E-state index contributed by atoms with van der Waals surface area (Å²) < 4.78 is 2.01. The summed E-state index contributed by atoms with van der Waals surface area (Å²) in [5.41, 5.74) is 5.73. The summed E-state index contributed by atoms with van der Waals surface area (Å²) in [5.74, 6) is 0.687. The number of hydrogen-bond acceptors (Lipinski definition) is 3. The lowest BCUT2D eigenvalue weighted by Gasteiger charge is -2.22. The smallest absolute Gasteiger partial charge is 0.0922 e. The van der Waals surface area contributed by atoms with Crippen molar-refractivity contribution in [1.29, 1.82) is 0 Å². The van der Waals surface area contributed by atoms with Crippen LogP contribution < -0.4 is 5.73 Å². The van der Waals surface area contributed by atoms with Crippen LogP contribution in [0.5, 0.6) is 0 Å². The maximum Gasteiger partial charge on any atom is 0.0922 e. The van der Waals surface area contributed by atoms with E-state index in [1.807, 2.05) is 6.07 Å². The topological polar surface area (TPSA) is 46.2 Å². The van der Waals surface area contributed by atoms with E-state index in [1.165, 1.54) is 0 Å². The Labute approximate surface area is 117 Å². The molecule has 0 aliphatic rings. The fourth-order valence-corrected chi connectivity index (χ4v) is 3.87. The SMILES string of the molecule is CC(C)CC(CN)C(O)c1cc(Br)c(Br)s1. The van der Waals surface area contributed by atoms with Crippen LogP contribution in [0.3, 0.4) is 0 Å². The van der Waals surface area contributed by atoms with Crippen LogP contribution in [-0.4, -0.2) is 11.7 Å². The quantitative estimate of drug-likeness (QED) is 0.824. The molecule has 0 saturated carbocycles. The fourth-order valence-electron chi connectivity index (χ4n) is 1.70. The average Bonchev–Trinajstić information content (AvgIpc) is 2.54. The highest BCUT2D eigenvalue weighted by Gasteiger charge is 2.23. The molecular weight excluding hydrogens is 354 g/mol. The van der Waals surface area contributed by atoms with Gasteiger partial charge in [-0.25, -0.2) is 0 Å². The summed E-state index contributed by atoms with van der Waals surface area (Å²) in [6.07, 6.45) is 0.491. The summed E-state index contributed by atoms with van der Waals surface area (Å²) in [6, 6.07) is 1.96. The van der Waals surface area contributed by atoms with Gasteiger partial charge in [0.05, 0.1) is 9.89 Å². The molecule has 0 saturated heterocycles. The normalized spacial score (nSPS) is 15.4. The first-order chi connectivity index (χ1) is 7.45. The van der Waals surface area contributed by atoms with Crippen LogP contribution in [0.15, 0.2) is 14.3 Å². The maximum atomic E-state index is 10.3. The second kappa shape index (κ2) is 6.50. The van der Waals surface area contributed by atoms with Gasteiger partial charge in [-0.1, -0.05) is 13.8 Å². The predicted octanol–water partition coefficient (Wildman–Crippen LogP) is 3.93. The van der Waals surface area contributed by atoms with Crippen molar-refractivity contribution in [2.24, 2.45) is 17.6 Å². The fraction of sp³-hybridized carbons (Fsp3) is 0.636. The van der Waals surface area contributed by atoms with E-state index < -0.39 is 6.10 Å². The van der Waals surface area contributed by atoms with Crippen LogP contribution in [0, 0.1) is 11.8 Å². The minimum atomic E-state index is -0.458. The van der Waals surface area contributed by atoms with Gasteiger partial charge in [-0.05, 0) is 56.8 Å². The van der Waals surface area contributed by atoms with Gasteiger partial charge in [0.15, 0.2) is 0 Å². The van der Waals surface area contributed by atoms with Crippen molar-refractivity contribution in [3.05, 3.63) is 19.2 Å². The molecule has 0 radical (unpaired) electrons. The van der Waals surface area contributed by atoms with E-state index >= 15 is 0 Å². The molecule has 5 heteroatoms. The van der Waals surface area contributed by atoms with Gasteiger partial charge in [0.2, 0.25) is 0 Å². The van der Waals surface area contributed by atoms with Gasteiger partial charge in [-0.15, -0.1) is 11.3 Å². The Morgan fingerprint density at radius 2 is 2.06 bits per heavy atom. The predicted molar refractivity (Wildman–Crippen MR) is 76.7 cm³/mol. The first-order valence-corrected chi connectivity index (χ1v) is 7.68. The third-order valence-electron chi connectivity index (χ3n) is 2.48. The Morgan fingerprint density at radius 3 is 2.44 bits per heavy atom. The van der Waals surface area contributed by atoms with Crippen molar-refractivity contribution < 1.29 is 5.11 Å². The highest BCUT2D eigenvalue weighted by Crippen LogP contribution is 2.38. The van der Waals surface area contributed by atoms with Crippen molar-refractivity contribution in [3.63, 3.8) is 0 Å². The standard InChI is InChI=1S/C11H17Br2NOS/c1-6(2)3-7(5-14)10(15)9-4-8(12)11(13)16-9/h4,6-7,10,15H,3,5,14H2,1-2H3. The molecule has 0 aliphatic carbocycles. The third-order valence-corrected chi connectivity index (χ3v) is 5.81. The van der Waals surface area contributed by atoms with E-state index in [9.17, 15) is 5.11 Å². The Hall–Kier alpha value is 0.580. The molecule has 0 bridgehead atoms. The lowest BCUT2D eigenvalue weighted by molar-refractivity contribution is 0.103. The number of aliphatic hydroxyl groups excluding tert-OH is 1. The molecule has 0 aliphatic heterocycles. The van der Waals surface area contributed by atoms with Crippen LogP contribution in [-0.2, 0) is 0 Å². The summed E-state index contributed by atoms with van der Waals surface area (Å²) in [6.45, 7) is 4.82. The van der Waals surface area contributed by atoms with E-state index in [0.717, 1.165) is 19.6 Å². The molecule has 1 aromatic heterocycles. The Bertz CT molecular complexity index is 321. The summed E-state index contributed by atoms with van der Waals surface area (Å²) in [4.78, 5) is 0.967. The van der Waals surface area contributed by atoms with Crippen molar-refractivity contribution in [1.82, 2.24) is 0 Å². The largest absolute Gasteiger partial charge is 0.387 e. The molecule has 2 atom stereocenters. The number of rotatable bonds is 5. The maximum absolute atomic E-state index is 10.3. The van der Waals surface area contributed by atoms with Crippen molar-refractivity contribution in [2.45, 2.75) is 26.4 Å². The Morgan fingerprint density at radius 1 is 1.44 bits per heavy atom. The van der Waals surface area contributed by atoms with Crippen LogP contribution in [0.2, 0.25) is 0 Å². The van der Waals surface area contributed by atoms with Crippen LogP contribution >= 0.6 is 43.2 Å². The van der Waals surface area contributed by atoms with E-state index in [4.69, 9.17) is 5.73 Å². The van der Waals surface area contributed by atoms with Gasteiger partial charge >= 0.3 is 0 Å². The Kier molecular flexibility index (Phi) is 5.94. The second-order valence-electron chi connectivity index (χ2n) is 4.34. The molecule has 2 unspecified atom stereocenters. The molecule has 1 aromatic rings. The highest BCUT2D eigenvalue weighted by atomic mass is 79.9. The van der Waals surface area contributed by atoms with Gasteiger partial charge in [0.1, 0.15) is 0 Å². The molecule has 0 fully saturated rings. The molecule has 2 nitrogen and oxygen atoms in total. The van der Waals surface area contributed by atoms with Crippen molar-refractivity contribution in [3.8, 4) is 0 Å². The molecule has 1 heterocycles. The van der Waals surface area contributed by atoms with Crippen LogP contribution in [0.4, 0.5) is 0 Å². The molecule has 1 rings (SSSR count). The molecule has 0 amide bonds.